The normalized spacial score (nSPS) is 31.2. The number of nitrogens with one attached hydrogen (secondary N) is 1. The van der Waals surface area contributed by atoms with Gasteiger partial charge in [0.25, 0.3) is 0 Å². The number of amides is 1. The molecule has 5 rings (SSSR count). The molecule has 2 saturated heterocycles. The lowest BCUT2D eigenvalue weighted by molar-refractivity contribution is -0.144. The Hall–Kier alpha value is -1.63. The summed E-state index contributed by atoms with van der Waals surface area (Å²) in [6.45, 7) is 11.9. The fourth-order valence-corrected chi connectivity index (χ4v) is 6.75. The summed E-state index contributed by atoms with van der Waals surface area (Å²) in [6.07, 6.45) is 5.60. The Bertz CT molecular complexity index is 796. The number of piperidine rings is 1. The lowest BCUT2D eigenvalue weighted by Gasteiger charge is -2.53. The minimum Gasteiger partial charge on any atom is -0.379 e. The Morgan fingerprint density at radius 2 is 2.00 bits per heavy atom. The molecule has 0 spiro atoms. The van der Waals surface area contributed by atoms with Gasteiger partial charge in [-0.25, -0.2) is 0 Å². The van der Waals surface area contributed by atoms with E-state index in [0.717, 1.165) is 91.3 Å². The predicted octanol–water partition coefficient (Wildman–Crippen LogP) is 2.38. The van der Waals surface area contributed by atoms with Crippen LogP contribution in [0.15, 0.2) is 24.3 Å². The second-order valence-corrected chi connectivity index (χ2v) is 10.2. The van der Waals surface area contributed by atoms with Crippen molar-refractivity contribution >= 4 is 11.6 Å². The van der Waals surface area contributed by atoms with Crippen molar-refractivity contribution in [2.45, 2.75) is 45.1 Å². The van der Waals surface area contributed by atoms with E-state index in [0.29, 0.717) is 17.9 Å². The number of morpholine rings is 1. The quantitative estimate of drug-likeness (QED) is 0.736. The van der Waals surface area contributed by atoms with Crippen LogP contribution in [0.5, 0.6) is 0 Å². The minimum absolute atomic E-state index is 0.208. The van der Waals surface area contributed by atoms with Gasteiger partial charge in [-0.1, -0.05) is 25.1 Å². The number of carbonyl (C=O) groups excluding carboxylic acids is 1. The van der Waals surface area contributed by atoms with Crippen LogP contribution in [0, 0.1) is 11.3 Å². The second-order valence-electron chi connectivity index (χ2n) is 10.2. The van der Waals surface area contributed by atoms with Crippen molar-refractivity contribution in [1.82, 2.24) is 15.1 Å². The summed E-state index contributed by atoms with van der Waals surface area (Å²) in [5.74, 6) is 0.813. The summed E-state index contributed by atoms with van der Waals surface area (Å²) in [4.78, 5) is 21.3. The van der Waals surface area contributed by atoms with Gasteiger partial charge in [-0.2, -0.15) is 0 Å². The number of para-hydroxylation sites is 1. The number of carbonyl (C=O) groups is 1. The molecule has 3 fully saturated rings. The maximum absolute atomic E-state index is 13.7. The Labute approximate surface area is 193 Å². The Morgan fingerprint density at radius 3 is 2.84 bits per heavy atom. The number of fused-ring (bicyclic) bond motifs is 2. The monoisotopic (exact) mass is 440 g/mol. The summed E-state index contributed by atoms with van der Waals surface area (Å²) in [7, 11) is 0. The third-order valence-electron chi connectivity index (χ3n) is 8.67. The molecule has 3 aliphatic heterocycles. The molecule has 32 heavy (non-hydrogen) atoms. The first-order chi connectivity index (χ1) is 15.7. The largest absolute Gasteiger partial charge is 0.379 e. The third kappa shape index (κ3) is 4.29. The van der Waals surface area contributed by atoms with Gasteiger partial charge in [0.05, 0.1) is 18.6 Å². The van der Waals surface area contributed by atoms with Crippen molar-refractivity contribution in [3.63, 3.8) is 0 Å². The molecule has 1 aliphatic carbocycles. The van der Waals surface area contributed by atoms with Crippen LogP contribution in [0.2, 0.25) is 0 Å². The molecular formula is C26H40N4O2. The van der Waals surface area contributed by atoms with E-state index in [1.165, 1.54) is 17.7 Å². The van der Waals surface area contributed by atoms with Crippen LogP contribution in [-0.2, 0) is 16.0 Å². The van der Waals surface area contributed by atoms with Crippen LogP contribution in [0.4, 0.5) is 5.69 Å². The van der Waals surface area contributed by atoms with Crippen LogP contribution in [-0.4, -0.2) is 87.3 Å². The number of nitrogens with zero attached hydrogens (tertiary/aromatic N) is 3. The first-order valence-electron chi connectivity index (χ1n) is 12.8. The van der Waals surface area contributed by atoms with Crippen molar-refractivity contribution in [3.8, 4) is 0 Å². The SMILES string of the molecule is CCN1CC[C@@H]2C[C@@H](N3CCOCC3)CC[C@@]2(C(=O)NCCN2CCc3ccccc32)C1. The minimum atomic E-state index is -0.208. The number of hydrogen-bond acceptors (Lipinski definition) is 5. The van der Waals surface area contributed by atoms with E-state index >= 15 is 0 Å². The first kappa shape index (κ1) is 22.2. The number of benzene rings is 1. The molecular weight excluding hydrogens is 400 g/mol. The molecule has 1 aromatic rings. The van der Waals surface area contributed by atoms with Crippen molar-refractivity contribution in [1.29, 1.82) is 0 Å². The lowest BCUT2D eigenvalue weighted by Crippen LogP contribution is -2.61. The molecule has 0 unspecified atom stereocenters. The highest BCUT2D eigenvalue weighted by atomic mass is 16.5. The van der Waals surface area contributed by atoms with E-state index in [9.17, 15) is 4.79 Å². The molecule has 1 aromatic carbocycles. The fourth-order valence-electron chi connectivity index (χ4n) is 6.75. The average molecular weight is 441 g/mol. The highest BCUT2D eigenvalue weighted by molar-refractivity contribution is 5.83. The van der Waals surface area contributed by atoms with Crippen molar-refractivity contribution in [2.24, 2.45) is 11.3 Å². The Balaban J connectivity index is 1.22. The summed E-state index contributed by atoms with van der Waals surface area (Å²) < 4.78 is 5.58. The van der Waals surface area contributed by atoms with Gasteiger partial charge in [0.2, 0.25) is 5.91 Å². The first-order valence-corrected chi connectivity index (χ1v) is 12.8. The molecule has 3 heterocycles. The second kappa shape index (κ2) is 9.70. The van der Waals surface area contributed by atoms with E-state index in [1.54, 1.807) is 0 Å². The Morgan fingerprint density at radius 1 is 1.16 bits per heavy atom. The Kier molecular flexibility index (Phi) is 6.72. The summed E-state index contributed by atoms with van der Waals surface area (Å²) in [5.41, 5.74) is 2.57. The van der Waals surface area contributed by atoms with Crippen molar-refractivity contribution < 1.29 is 9.53 Å². The molecule has 6 nitrogen and oxygen atoms in total. The van der Waals surface area contributed by atoms with E-state index in [1.807, 2.05) is 0 Å². The number of hydrogen-bond donors (Lipinski definition) is 1. The summed E-state index contributed by atoms with van der Waals surface area (Å²) in [6, 6.07) is 9.31. The van der Waals surface area contributed by atoms with Gasteiger partial charge in [-0.3, -0.25) is 9.69 Å². The maximum Gasteiger partial charge on any atom is 0.227 e. The van der Waals surface area contributed by atoms with Crippen LogP contribution >= 0.6 is 0 Å². The van der Waals surface area contributed by atoms with Crippen LogP contribution in [0.1, 0.15) is 38.2 Å². The zero-order valence-electron chi connectivity index (χ0n) is 19.7. The lowest BCUT2D eigenvalue weighted by atomic mass is 9.61. The average Bonchev–Trinajstić information content (AvgIpc) is 3.27. The van der Waals surface area contributed by atoms with Gasteiger partial charge in [0, 0.05) is 51.0 Å². The molecule has 0 aromatic heterocycles. The summed E-state index contributed by atoms with van der Waals surface area (Å²) in [5, 5.41) is 3.40. The molecule has 0 radical (unpaired) electrons. The molecule has 1 N–H and O–H groups in total. The topological polar surface area (TPSA) is 48.1 Å². The number of rotatable bonds is 6. The van der Waals surface area contributed by atoms with Gasteiger partial charge in [-0.05, 0) is 62.7 Å². The van der Waals surface area contributed by atoms with Gasteiger partial charge >= 0.3 is 0 Å². The standard InChI is InChI=1S/C26H40N4O2/c1-2-28-12-9-22-19-23(29-15-17-32-18-16-29)7-10-26(22,20-28)25(31)27-11-14-30-13-8-21-5-3-4-6-24(21)30/h3-6,22-23H,2,7-20H2,1H3,(H,27,31)/t22-,23+,26-/m1/s1. The molecule has 3 atom stereocenters. The molecule has 6 heteroatoms. The number of likely N-dealkylation sites (tertiary alicyclic amines) is 1. The number of ether oxygens (including phenoxy) is 1. The molecule has 1 saturated carbocycles. The van der Waals surface area contributed by atoms with Crippen LogP contribution in [0.3, 0.4) is 0 Å². The van der Waals surface area contributed by atoms with Gasteiger partial charge < -0.3 is 19.9 Å². The smallest absolute Gasteiger partial charge is 0.227 e. The number of anilines is 1. The maximum atomic E-state index is 13.7. The van der Waals surface area contributed by atoms with E-state index < -0.39 is 0 Å². The van der Waals surface area contributed by atoms with Crippen LogP contribution < -0.4 is 10.2 Å². The molecule has 1 amide bonds. The van der Waals surface area contributed by atoms with Gasteiger partial charge in [-0.15, -0.1) is 0 Å². The fraction of sp³-hybridized carbons (Fsp3) is 0.731. The zero-order valence-corrected chi connectivity index (χ0v) is 19.7. The van der Waals surface area contributed by atoms with Gasteiger partial charge in [0.15, 0.2) is 0 Å². The predicted molar refractivity (Wildman–Crippen MR) is 128 cm³/mol. The zero-order chi connectivity index (χ0) is 22.0. The van der Waals surface area contributed by atoms with Crippen molar-refractivity contribution in [2.75, 3.05) is 70.5 Å². The third-order valence-corrected chi connectivity index (χ3v) is 8.67. The molecule has 4 aliphatic rings. The highest BCUT2D eigenvalue weighted by Gasteiger charge is 2.52. The molecule has 0 bridgehead atoms. The van der Waals surface area contributed by atoms with Crippen LogP contribution in [0.25, 0.3) is 0 Å². The highest BCUT2D eigenvalue weighted by Crippen LogP contribution is 2.47. The van der Waals surface area contributed by atoms with Crippen molar-refractivity contribution in [3.05, 3.63) is 29.8 Å². The van der Waals surface area contributed by atoms with E-state index in [4.69, 9.17) is 4.74 Å². The van der Waals surface area contributed by atoms with E-state index in [2.05, 4.69) is 51.2 Å². The van der Waals surface area contributed by atoms with E-state index in [-0.39, 0.29) is 5.41 Å². The summed E-state index contributed by atoms with van der Waals surface area (Å²) >= 11 is 0. The van der Waals surface area contributed by atoms with Gasteiger partial charge in [0.1, 0.15) is 0 Å². The molecule has 176 valence electrons.